The van der Waals surface area contributed by atoms with Gasteiger partial charge in [-0.25, -0.2) is 18.1 Å². The van der Waals surface area contributed by atoms with E-state index in [1.54, 1.807) is 12.4 Å². The number of nitrogens with zero attached hydrogens (tertiary/aromatic N) is 1. The molecule has 1 aliphatic rings. The maximum Gasteiger partial charge on any atom is 0.214 e. The third-order valence-electron chi connectivity index (χ3n) is 2.96. The first-order chi connectivity index (χ1) is 8.58. The molecule has 1 aliphatic carbocycles. The third-order valence-corrected chi connectivity index (χ3v) is 4.88. The van der Waals surface area contributed by atoms with Crippen LogP contribution in [0.5, 0.6) is 0 Å². The van der Waals surface area contributed by atoms with Gasteiger partial charge < -0.3 is 10.3 Å². The highest BCUT2D eigenvalue weighted by atomic mass is 32.2. The molecule has 1 fully saturated rings. The van der Waals surface area contributed by atoms with Gasteiger partial charge in [0.2, 0.25) is 10.0 Å². The van der Waals surface area contributed by atoms with Gasteiger partial charge in [0, 0.05) is 37.9 Å². The molecule has 2 rings (SSSR count). The molecule has 1 unspecified atom stereocenters. The van der Waals surface area contributed by atoms with Gasteiger partial charge in [0.15, 0.2) is 0 Å². The lowest BCUT2D eigenvalue weighted by Gasteiger charge is -2.14. The van der Waals surface area contributed by atoms with Gasteiger partial charge in [0.25, 0.3) is 0 Å². The molecule has 3 N–H and O–H groups in total. The quantitative estimate of drug-likeness (QED) is 0.622. The highest BCUT2D eigenvalue weighted by Crippen LogP contribution is 2.27. The molecular formula is C11H20N4O2S. The molecule has 0 aromatic carbocycles. The molecule has 1 saturated carbocycles. The number of hydrogen-bond donors (Lipinski definition) is 3. The van der Waals surface area contributed by atoms with Crippen LogP contribution in [0.1, 0.15) is 25.6 Å². The Balaban J connectivity index is 1.61. The summed E-state index contributed by atoms with van der Waals surface area (Å²) in [5.41, 5.74) is 0. The van der Waals surface area contributed by atoms with E-state index in [0.29, 0.717) is 6.54 Å². The molecule has 0 bridgehead atoms. The Bertz CT molecular complexity index is 453. The monoisotopic (exact) mass is 272 g/mol. The van der Waals surface area contributed by atoms with Crippen molar-refractivity contribution in [2.45, 2.75) is 37.5 Å². The Morgan fingerprint density at radius 3 is 2.94 bits per heavy atom. The second kappa shape index (κ2) is 5.81. The van der Waals surface area contributed by atoms with E-state index in [2.05, 4.69) is 20.0 Å². The summed E-state index contributed by atoms with van der Waals surface area (Å²) in [5.74, 6) is 0.938. The standard InChI is InChI=1S/C11H20N4O2S/c1-9(8-15-18(16,17)10-2-3-10)12-5-4-11-13-6-7-14-11/h6-7,9-10,12,15H,2-5,8H2,1H3,(H,13,14). The van der Waals surface area contributed by atoms with Crippen LogP contribution in [-0.2, 0) is 16.4 Å². The van der Waals surface area contributed by atoms with Crippen LogP contribution in [0.3, 0.4) is 0 Å². The van der Waals surface area contributed by atoms with Crippen molar-refractivity contribution in [1.82, 2.24) is 20.0 Å². The number of aromatic amines is 1. The zero-order valence-corrected chi connectivity index (χ0v) is 11.3. The fourth-order valence-corrected chi connectivity index (χ4v) is 3.16. The first-order valence-electron chi connectivity index (χ1n) is 6.28. The van der Waals surface area contributed by atoms with Crippen LogP contribution in [0.15, 0.2) is 12.4 Å². The van der Waals surface area contributed by atoms with Crippen molar-refractivity contribution in [3.63, 3.8) is 0 Å². The van der Waals surface area contributed by atoms with E-state index in [1.165, 1.54) is 0 Å². The Kier molecular flexibility index (Phi) is 4.36. The van der Waals surface area contributed by atoms with Gasteiger partial charge in [-0.1, -0.05) is 0 Å². The van der Waals surface area contributed by atoms with Crippen LogP contribution < -0.4 is 10.0 Å². The van der Waals surface area contributed by atoms with E-state index >= 15 is 0 Å². The zero-order chi connectivity index (χ0) is 13.0. The van der Waals surface area contributed by atoms with Gasteiger partial charge in [-0.2, -0.15) is 0 Å². The summed E-state index contributed by atoms with van der Waals surface area (Å²) in [5, 5.41) is 3.12. The summed E-state index contributed by atoms with van der Waals surface area (Å²) in [6.07, 6.45) is 5.93. The van der Waals surface area contributed by atoms with Crippen molar-refractivity contribution in [2.24, 2.45) is 0 Å². The first kappa shape index (κ1) is 13.5. The molecule has 102 valence electrons. The van der Waals surface area contributed by atoms with Crippen molar-refractivity contribution in [2.75, 3.05) is 13.1 Å². The molecule has 1 heterocycles. The average molecular weight is 272 g/mol. The number of rotatable bonds is 8. The van der Waals surface area contributed by atoms with E-state index in [0.717, 1.165) is 31.6 Å². The van der Waals surface area contributed by atoms with Crippen molar-refractivity contribution in [3.8, 4) is 0 Å². The van der Waals surface area contributed by atoms with Gasteiger partial charge in [-0.3, -0.25) is 0 Å². The SMILES string of the molecule is CC(CNS(=O)(=O)C1CC1)NCCc1ncc[nH]1. The Hall–Kier alpha value is -0.920. The van der Waals surface area contributed by atoms with Gasteiger partial charge in [-0.15, -0.1) is 0 Å². The van der Waals surface area contributed by atoms with Gasteiger partial charge in [-0.05, 0) is 19.8 Å². The Morgan fingerprint density at radius 1 is 1.56 bits per heavy atom. The Labute approximate surface area is 108 Å². The highest BCUT2D eigenvalue weighted by molar-refractivity contribution is 7.90. The smallest absolute Gasteiger partial charge is 0.214 e. The molecule has 1 aromatic heterocycles. The largest absolute Gasteiger partial charge is 0.349 e. The van der Waals surface area contributed by atoms with E-state index < -0.39 is 10.0 Å². The maximum absolute atomic E-state index is 11.6. The number of H-pyrrole nitrogens is 1. The summed E-state index contributed by atoms with van der Waals surface area (Å²) in [6.45, 7) is 3.19. The average Bonchev–Trinajstić information content (AvgIpc) is 3.07. The Morgan fingerprint density at radius 2 is 2.33 bits per heavy atom. The molecule has 1 atom stereocenters. The lowest BCUT2D eigenvalue weighted by molar-refractivity contribution is 0.523. The van der Waals surface area contributed by atoms with Crippen LogP contribution in [0.2, 0.25) is 0 Å². The lowest BCUT2D eigenvalue weighted by atomic mass is 10.3. The van der Waals surface area contributed by atoms with Gasteiger partial charge >= 0.3 is 0 Å². The molecule has 7 heteroatoms. The predicted molar refractivity (Wildman–Crippen MR) is 69.7 cm³/mol. The number of hydrogen-bond acceptors (Lipinski definition) is 4. The molecule has 0 radical (unpaired) electrons. The molecule has 0 amide bonds. The van der Waals surface area contributed by atoms with Crippen molar-refractivity contribution >= 4 is 10.0 Å². The van der Waals surface area contributed by atoms with E-state index in [9.17, 15) is 8.42 Å². The second-order valence-corrected chi connectivity index (χ2v) is 6.78. The van der Waals surface area contributed by atoms with Crippen LogP contribution in [0.25, 0.3) is 0 Å². The number of sulfonamides is 1. The summed E-state index contributed by atoms with van der Waals surface area (Å²) >= 11 is 0. The minimum absolute atomic E-state index is 0.119. The van der Waals surface area contributed by atoms with E-state index in [4.69, 9.17) is 0 Å². The predicted octanol–water partition coefficient (Wildman–Crippen LogP) is 0.0121. The highest BCUT2D eigenvalue weighted by Gasteiger charge is 2.35. The maximum atomic E-state index is 11.6. The first-order valence-corrected chi connectivity index (χ1v) is 7.82. The van der Waals surface area contributed by atoms with E-state index in [-0.39, 0.29) is 11.3 Å². The van der Waals surface area contributed by atoms with Gasteiger partial charge in [0.1, 0.15) is 5.82 Å². The molecule has 1 aromatic rings. The van der Waals surface area contributed by atoms with Gasteiger partial charge in [0.05, 0.1) is 5.25 Å². The topological polar surface area (TPSA) is 86.9 Å². The minimum Gasteiger partial charge on any atom is -0.349 e. The van der Waals surface area contributed by atoms with Crippen LogP contribution in [0.4, 0.5) is 0 Å². The van der Waals surface area contributed by atoms with Crippen LogP contribution in [0, 0.1) is 0 Å². The molecule has 0 spiro atoms. The lowest BCUT2D eigenvalue weighted by Crippen LogP contribution is -2.40. The third kappa shape index (κ3) is 4.08. The van der Waals surface area contributed by atoms with Crippen molar-refractivity contribution < 1.29 is 8.42 Å². The zero-order valence-electron chi connectivity index (χ0n) is 10.5. The summed E-state index contributed by atoms with van der Waals surface area (Å²) < 4.78 is 25.9. The second-order valence-electron chi connectivity index (χ2n) is 4.73. The summed E-state index contributed by atoms with van der Waals surface area (Å²) in [7, 11) is -3.06. The van der Waals surface area contributed by atoms with Crippen molar-refractivity contribution in [1.29, 1.82) is 0 Å². The number of nitrogens with one attached hydrogen (secondary N) is 3. The summed E-state index contributed by atoms with van der Waals surface area (Å²) in [6, 6.07) is 0.119. The molecule has 6 nitrogen and oxygen atoms in total. The molecule has 18 heavy (non-hydrogen) atoms. The molecule has 0 saturated heterocycles. The normalized spacial score (nSPS) is 17.8. The fraction of sp³-hybridized carbons (Fsp3) is 0.727. The van der Waals surface area contributed by atoms with Crippen LogP contribution >= 0.6 is 0 Å². The molecular weight excluding hydrogens is 252 g/mol. The van der Waals surface area contributed by atoms with Crippen LogP contribution in [-0.4, -0.2) is 42.8 Å². The number of aromatic nitrogens is 2. The fourth-order valence-electron chi connectivity index (χ4n) is 1.68. The number of imidazole rings is 1. The molecule has 0 aliphatic heterocycles. The minimum atomic E-state index is -3.06. The van der Waals surface area contributed by atoms with E-state index in [1.807, 2.05) is 6.92 Å². The summed E-state index contributed by atoms with van der Waals surface area (Å²) in [4.78, 5) is 7.15. The van der Waals surface area contributed by atoms with Crippen molar-refractivity contribution in [3.05, 3.63) is 18.2 Å².